The lowest BCUT2D eigenvalue weighted by molar-refractivity contribution is -0.142. The minimum absolute atomic E-state index is 0.00644. The Balaban J connectivity index is 1.99. The van der Waals surface area contributed by atoms with Gasteiger partial charge in [0, 0.05) is 13.1 Å². The first kappa shape index (κ1) is 14.3. The van der Waals surface area contributed by atoms with Gasteiger partial charge in [0.05, 0.1) is 11.8 Å². The second-order valence-corrected chi connectivity index (χ2v) is 6.60. The van der Waals surface area contributed by atoms with Gasteiger partial charge in [-0.3, -0.25) is 9.59 Å². The van der Waals surface area contributed by atoms with E-state index in [0.29, 0.717) is 0 Å². The fourth-order valence-electron chi connectivity index (χ4n) is 3.34. The van der Waals surface area contributed by atoms with E-state index in [1.165, 1.54) is 0 Å². The van der Waals surface area contributed by atoms with E-state index in [0.717, 1.165) is 25.9 Å². The van der Waals surface area contributed by atoms with E-state index in [2.05, 4.69) is 11.9 Å². The number of hydrogen-bond acceptors (Lipinski definition) is 3. The van der Waals surface area contributed by atoms with E-state index >= 15 is 0 Å². The Kier molecular flexibility index (Phi) is 3.60. The summed E-state index contributed by atoms with van der Waals surface area (Å²) in [6, 6.07) is 0.259. The fraction of sp³-hybridized carbons (Fsp3) is 0.857. The zero-order valence-electron chi connectivity index (χ0n) is 12.2. The Bertz CT molecular complexity index is 386. The second-order valence-electron chi connectivity index (χ2n) is 6.60. The maximum Gasteiger partial charge on any atom is 0.307 e. The third-order valence-corrected chi connectivity index (χ3v) is 4.94. The van der Waals surface area contributed by atoms with Crippen LogP contribution in [0, 0.1) is 17.3 Å². The Hall–Kier alpha value is -1.10. The van der Waals surface area contributed by atoms with E-state index in [1.807, 2.05) is 20.9 Å². The van der Waals surface area contributed by atoms with Gasteiger partial charge in [-0.05, 0) is 38.4 Å². The van der Waals surface area contributed by atoms with Crippen molar-refractivity contribution in [1.82, 2.24) is 9.80 Å². The smallest absolute Gasteiger partial charge is 0.307 e. The number of likely N-dealkylation sites (tertiary alicyclic amines) is 1. The summed E-state index contributed by atoms with van der Waals surface area (Å²) in [5.41, 5.74) is -0.400. The lowest BCUT2D eigenvalue weighted by Gasteiger charge is -2.35. The molecule has 0 radical (unpaired) electrons. The molecule has 0 spiro atoms. The van der Waals surface area contributed by atoms with Crippen molar-refractivity contribution in [2.75, 3.05) is 27.2 Å². The molecule has 0 aromatic heterocycles. The second kappa shape index (κ2) is 4.78. The highest BCUT2D eigenvalue weighted by molar-refractivity contribution is 5.91. The van der Waals surface area contributed by atoms with Gasteiger partial charge < -0.3 is 14.9 Å². The molecule has 108 valence electrons. The number of aliphatic carboxylic acids is 1. The number of carbonyl (C=O) groups excluding carboxylic acids is 1. The van der Waals surface area contributed by atoms with Gasteiger partial charge in [-0.15, -0.1) is 0 Å². The van der Waals surface area contributed by atoms with Crippen LogP contribution in [0.5, 0.6) is 0 Å². The molecule has 1 N–H and O–H groups in total. The fourth-order valence-corrected chi connectivity index (χ4v) is 3.34. The molecule has 0 bridgehead atoms. The number of nitrogens with zero attached hydrogens (tertiary/aromatic N) is 2. The Labute approximate surface area is 114 Å². The number of hydrogen-bond donors (Lipinski definition) is 1. The summed E-state index contributed by atoms with van der Waals surface area (Å²) >= 11 is 0. The lowest BCUT2D eigenvalue weighted by Crippen LogP contribution is -2.45. The molecule has 1 heterocycles. The van der Waals surface area contributed by atoms with Crippen LogP contribution in [-0.4, -0.2) is 60.0 Å². The van der Waals surface area contributed by atoms with Crippen LogP contribution >= 0.6 is 0 Å². The van der Waals surface area contributed by atoms with Crippen molar-refractivity contribution < 1.29 is 14.7 Å². The molecule has 2 fully saturated rings. The maximum absolute atomic E-state index is 12.5. The average Bonchev–Trinajstić information content (AvgIpc) is 2.91. The monoisotopic (exact) mass is 268 g/mol. The van der Waals surface area contributed by atoms with Gasteiger partial charge >= 0.3 is 5.97 Å². The van der Waals surface area contributed by atoms with Crippen LogP contribution < -0.4 is 0 Å². The minimum atomic E-state index is -0.847. The standard InChI is InChI=1S/C14H24N2O3/c1-14(2)10(11(14)13(18)19)12(17)16(4)9-5-7-15(3)8-6-9/h9-11H,5-8H2,1-4H3,(H,18,19). The van der Waals surface area contributed by atoms with Gasteiger partial charge in [0.25, 0.3) is 0 Å². The van der Waals surface area contributed by atoms with Gasteiger partial charge in [0.15, 0.2) is 0 Å². The Morgan fingerprint density at radius 1 is 1.21 bits per heavy atom. The van der Waals surface area contributed by atoms with Crippen LogP contribution in [0.2, 0.25) is 0 Å². The summed E-state index contributed by atoms with van der Waals surface area (Å²) in [4.78, 5) is 27.7. The van der Waals surface area contributed by atoms with Crippen molar-refractivity contribution in [3.8, 4) is 0 Å². The molecule has 19 heavy (non-hydrogen) atoms. The third-order valence-electron chi connectivity index (χ3n) is 4.94. The number of carboxylic acid groups (broad SMARTS) is 1. The van der Waals surface area contributed by atoms with E-state index in [9.17, 15) is 9.59 Å². The van der Waals surface area contributed by atoms with Crippen molar-refractivity contribution in [3.63, 3.8) is 0 Å². The predicted molar refractivity (Wildman–Crippen MR) is 71.7 cm³/mol. The summed E-state index contributed by atoms with van der Waals surface area (Å²) in [6.45, 7) is 5.74. The maximum atomic E-state index is 12.5. The minimum Gasteiger partial charge on any atom is -0.481 e. The van der Waals surface area contributed by atoms with Crippen LogP contribution in [0.4, 0.5) is 0 Å². The SMILES string of the molecule is CN1CCC(N(C)C(=O)C2C(C(=O)O)C2(C)C)CC1. The van der Waals surface area contributed by atoms with Gasteiger partial charge in [0.1, 0.15) is 0 Å². The molecular weight excluding hydrogens is 244 g/mol. The van der Waals surface area contributed by atoms with E-state index < -0.39 is 17.3 Å². The zero-order valence-corrected chi connectivity index (χ0v) is 12.2. The zero-order chi connectivity index (χ0) is 14.4. The molecule has 5 nitrogen and oxygen atoms in total. The van der Waals surface area contributed by atoms with E-state index in [-0.39, 0.29) is 17.9 Å². The third kappa shape index (κ3) is 2.48. The highest BCUT2D eigenvalue weighted by Gasteiger charge is 2.66. The van der Waals surface area contributed by atoms with Crippen molar-refractivity contribution in [3.05, 3.63) is 0 Å². The number of rotatable bonds is 3. The Morgan fingerprint density at radius 3 is 2.16 bits per heavy atom. The van der Waals surface area contributed by atoms with Gasteiger partial charge in [-0.1, -0.05) is 13.8 Å². The molecule has 2 rings (SSSR count). The molecular formula is C14H24N2O3. The molecule has 0 aromatic carbocycles. The van der Waals surface area contributed by atoms with E-state index in [4.69, 9.17) is 5.11 Å². The summed E-state index contributed by atoms with van der Waals surface area (Å²) in [6.07, 6.45) is 1.95. The summed E-state index contributed by atoms with van der Waals surface area (Å²) in [5.74, 6) is -1.71. The molecule has 2 unspecified atom stereocenters. The number of piperidine rings is 1. The van der Waals surface area contributed by atoms with Gasteiger partial charge in [-0.2, -0.15) is 0 Å². The molecule has 2 aliphatic rings. The molecule has 5 heteroatoms. The summed E-state index contributed by atoms with van der Waals surface area (Å²) < 4.78 is 0. The van der Waals surface area contributed by atoms with Crippen molar-refractivity contribution in [2.45, 2.75) is 32.7 Å². The largest absolute Gasteiger partial charge is 0.481 e. The summed E-state index contributed by atoms with van der Waals surface area (Å²) in [5, 5.41) is 9.16. The highest BCUT2D eigenvalue weighted by Crippen LogP contribution is 2.59. The van der Waals surface area contributed by atoms with Crippen LogP contribution in [0.1, 0.15) is 26.7 Å². The topological polar surface area (TPSA) is 60.9 Å². The lowest BCUT2D eigenvalue weighted by atomic mass is 10.0. The van der Waals surface area contributed by atoms with Crippen LogP contribution in [0.15, 0.2) is 0 Å². The van der Waals surface area contributed by atoms with Crippen molar-refractivity contribution >= 4 is 11.9 Å². The van der Waals surface area contributed by atoms with Crippen LogP contribution in [0.25, 0.3) is 0 Å². The Morgan fingerprint density at radius 2 is 1.74 bits per heavy atom. The van der Waals surface area contributed by atoms with Gasteiger partial charge in [-0.25, -0.2) is 0 Å². The first-order valence-corrected chi connectivity index (χ1v) is 6.95. The molecule has 1 aliphatic heterocycles. The van der Waals surface area contributed by atoms with Crippen LogP contribution in [0.3, 0.4) is 0 Å². The molecule has 2 atom stereocenters. The number of carboxylic acids is 1. The van der Waals surface area contributed by atoms with Gasteiger partial charge in [0.2, 0.25) is 5.91 Å². The van der Waals surface area contributed by atoms with Crippen LogP contribution in [-0.2, 0) is 9.59 Å². The summed E-state index contributed by atoms with van der Waals surface area (Å²) in [7, 11) is 3.91. The van der Waals surface area contributed by atoms with Crippen molar-refractivity contribution in [2.24, 2.45) is 17.3 Å². The molecule has 1 saturated carbocycles. The first-order valence-electron chi connectivity index (χ1n) is 6.95. The highest BCUT2D eigenvalue weighted by atomic mass is 16.4. The molecule has 1 saturated heterocycles. The number of carbonyl (C=O) groups is 2. The predicted octanol–water partition coefficient (Wildman–Crippen LogP) is 0.896. The number of amides is 1. The average molecular weight is 268 g/mol. The molecule has 1 amide bonds. The first-order chi connectivity index (χ1) is 8.76. The normalized spacial score (nSPS) is 30.9. The molecule has 0 aromatic rings. The molecule has 1 aliphatic carbocycles. The van der Waals surface area contributed by atoms with E-state index in [1.54, 1.807) is 4.90 Å². The van der Waals surface area contributed by atoms with Crippen molar-refractivity contribution in [1.29, 1.82) is 0 Å². The quantitative estimate of drug-likeness (QED) is 0.826.